The van der Waals surface area contributed by atoms with E-state index in [2.05, 4.69) is 4.74 Å². The molecule has 0 heterocycles. The quantitative estimate of drug-likeness (QED) is 0.213. The van der Waals surface area contributed by atoms with Crippen molar-refractivity contribution < 1.29 is 35.5 Å². The molecule has 0 aliphatic carbocycles. The fourth-order valence-electron chi connectivity index (χ4n) is 3.86. The summed E-state index contributed by atoms with van der Waals surface area (Å²) >= 11 is 5.92. The smallest absolute Gasteiger partial charge is 0.426 e. The highest BCUT2D eigenvalue weighted by molar-refractivity contribution is 6.33. The summed E-state index contributed by atoms with van der Waals surface area (Å²) < 4.78 is 105. The highest BCUT2D eigenvalue weighted by atomic mass is 35.5. The van der Waals surface area contributed by atoms with Crippen molar-refractivity contribution in [3.8, 4) is 28.0 Å². The number of halogens is 8. The second-order valence-corrected chi connectivity index (χ2v) is 8.63. The van der Waals surface area contributed by atoms with Crippen molar-refractivity contribution in [2.45, 2.75) is 25.9 Å². The maximum atomic E-state index is 14.9. The number of hydrogen-bond acceptors (Lipinski definition) is 1. The van der Waals surface area contributed by atoms with Crippen LogP contribution < -0.4 is 4.74 Å². The molecule has 0 N–H and O–H groups in total. The third-order valence-electron chi connectivity index (χ3n) is 5.67. The van der Waals surface area contributed by atoms with E-state index < -0.39 is 51.5 Å². The molecule has 0 aromatic heterocycles. The molecule has 4 aromatic rings. The minimum absolute atomic E-state index is 0.0303. The van der Waals surface area contributed by atoms with Crippen molar-refractivity contribution in [1.82, 2.24) is 0 Å². The summed E-state index contributed by atoms with van der Waals surface area (Å²) in [4.78, 5) is 0. The molecule has 4 aromatic carbocycles. The molecule has 37 heavy (non-hydrogen) atoms. The van der Waals surface area contributed by atoms with Crippen LogP contribution in [0.4, 0.5) is 30.7 Å². The van der Waals surface area contributed by atoms with E-state index in [4.69, 9.17) is 11.6 Å². The zero-order chi connectivity index (χ0) is 26.9. The van der Waals surface area contributed by atoms with Gasteiger partial charge in [-0.25, -0.2) is 22.0 Å². The average molecular weight is 539 g/mol. The van der Waals surface area contributed by atoms with Gasteiger partial charge < -0.3 is 4.74 Å². The van der Waals surface area contributed by atoms with Gasteiger partial charge in [-0.1, -0.05) is 55.3 Å². The predicted molar refractivity (Wildman–Crippen MR) is 127 cm³/mol. The van der Waals surface area contributed by atoms with Crippen LogP contribution in [0.25, 0.3) is 22.3 Å². The second-order valence-electron chi connectivity index (χ2n) is 8.25. The number of hydrogen-bond donors (Lipinski definition) is 0. The normalized spacial score (nSPS) is 11.6. The molecule has 9 heteroatoms. The minimum Gasteiger partial charge on any atom is -0.426 e. The van der Waals surface area contributed by atoms with Gasteiger partial charge in [0.2, 0.25) is 0 Å². The third kappa shape index (κ3) is 5.44. The first-order valence-electron chi connectivity index (χ1n) is 11.1. The Hall–Kier alpha value is -3.52. The van der Waals surface area contributed by atoms with Gasteiger partial charge in [-0.3, -0.25) is 0 Å². The molecular formula is C28H18ClF7O. The van der Waals surface area contributed by atoms with Crippen molar-refractivity contribution in [3.05, 3.63) is 112 Å². The standard InChI is InChI=1S/C28H18ClF7O/c1-2-3-15-4-6-16(7-5-15)18-13-22(32)25(23(33)14-18)28(35,36)37-24-11-9-19(26(29)27(24)34)17-8-10-20(30)21(31)12-17/h4-14H,2-3H2,1H3. The lowest BCUT2D eigenvalue weighted by Crippen LogP contribution is -2.25. The topological polar surface area (TPSA) is 9.23 Å². The van der Waals surface area contributed by atoms with E-state index in [1.54, 1.807) is 24.3 Å². The van der Waals surface area contributed by atoms with Crippen LogP contribution in [0.5, 0.6) is 5.75 Å². The zero-order valence-electron chi connectivity index (χ0n) is 19.2. The zero-order valence-corrected chi connectivity index (χ0v) is 20.0. The van der Waals surface area contributed by atoms with Crippen molar-refractivity contribution in [2.75, 3.05) is 0 Å². The molecule has 0 fully saturated rings. The lowest BCUT2D eigenvalue weighted by Gasteiger charge is -2.21. The van der Waals surface area contributed by atoms with Gasteiger partial charge in [-0.2, -0.15) is 8.78 Å². The summed E-state index contributed by atoms with van der Waals surface area (Å²) in [6, 6.07) is 12.7. The lowest BCUT2D eigenvalue weighted by molar-refractivity contribution is -0.190. The molecule has 0 aliphatic rings. The Morgan fingerprint density at radius 3 is 1.89 bits per heavy atom. The van der Waals surface area contributed by atoms with Gasteiger partial charge in [0.25, 0.3) is 0 Å². The molecule has 0 spiro atoms. The summed E-state index contributed by atoms with van der Waals surface area (Å²) in [5.74, 6) is -8.15. The van der Waals surface area contributed by atoms with E-state index in [0.29, 0.717) is 5.56 Å². The summed E-state index contributed by atoms with van der Waals surface area (Å²) in [6.45, 7) is 2.00. The molecular weight excluding hydrogens is 521 g/mol. The Balaban J connectivity index is 1.64. The average Bonchev–Trinajstić information content (AvgIpc) is 2.84. The molecule has 192 valence electrons. The van der Waals surface area contributed by atoms with Crippen LogP contribution in [0.2, 0.25) is 5.02 Å². The van der Waals surface area contributed by atoms with E-state index in [9.17, 15) is 30.7 Å². The number of ether oxygens (including phenoxy) is 1. The first kappa shape index (κ1) is 26.5. The third-order valence-corrected chi connectivity index (χ3v) is 6.04. The summed E-state index contributed by atoms with van der Waals surface area (Å²) in [5, 5.41) is -0.734. The van der Waals surface area contributed by atoms with Crippen LogP contribution in [0, 0.1) is 29.1 Å². The van der Waals surface area contributed by atoms with Crippen molar-refractivity contribution >= 4 is 11.6 Å². The van der Waals surface area contributed by atoms with Crippen LogP contribution in [0.3, 0.4) is 0 Å². The molecule has 0 aliphatic heterocycles. The van der Waals surface area contributed by atoms with E-state index in [1.165, 1.54) is 0 Å². The number of aryl methyl sites for hydroxylation is 1. The Bertz CT molecular complexity index is 1430. The van der Waals surface area contributed by atoms with E-state index in [1.807, 2.05) is 6.92 Å². The number of benzene rings is 4. The first-order chi connectivity index (χ1) is 17.5. The predicted octanol–water partition coefficient (Wildman–Crippen LogP) is 9.45. The first-order valence-corrected chi connectivity index (χ1v) is 11.5. The fraction of sp³-hybridized carbons (Fsp3) is 0.143. The van der Waals surface area contributed by atoms with E-state index in [0.717, 1.165) is 60.9 Å². The highest BCUT2D eigenvalue weighted by Crippen LogP contribution is 2.41. The van der Waals surface area contributed by atoms with Crippen molar-refractivity contribution in [3.63, 3.8) is 0 Å². The number of rotatable bonds is 7. The molecule has 0 saturated carbocycles. The van der Waals surface area contributed by atoms with Gasteiger partial charge in [-0.05, 0) is 65.1 Å². The van der Waals surface area contributed by atoms with Crippen LogP contribution >= 0.6 is 11.6 Å². The highest BCUT2D eigenvalue weighted by Gasteiger charge is 2.42. The monoisotopic (exact) mass is 538 g/mol. The molecule has 0 radical (unpaired) electrons. The second kappa shape index (κ2) is 10.5. The van der Waals surface area contributed by atoms with Crippen LogP contribution in [0.1, 0.15) is 24.5 Å². The number of alkyl halides is 2. The molecule has 0 bridgehead atoms. The van der Waals surface area contributed by atoms with Gasteiger partial charge in [-0.15, -0.1) is 0 Å². The summed E-state index contributed by atoms with van der Waals surface area (Å²) in [7, 11) is 0. The van der Waals surface area contributed by atoms with Crippen LogP contribution in [0.15, 0.2) is 66.7 Å². The Morgan fingerprint density at radius 2 is 1.30 bits per heavy atom. The molecule has 0 amide bonds. The van der Waals surface area contributed by atoms with Crippen molar-refractivity contribution in [2.24, 2.45) is 0 Å². The minimum atomic E-state index is -4.62. The molecule has 0 unspecified atom stereocenters. The molecule has 1 nitrogen and oxygen atoms in total. The van der Waals surface area contributed by atoms with E-state index in [-0.39, 0.29) is 16.7 Å². The molecule has 0 saturated heterocycles. The van der Waals surface area contributed by atoms with Gasteiger partial charge in [0.15, 0.2) is 23.2 Å². The van der Waals surface area contributed by atoms with Crippen molar-refractivity contribution in [1.29, 1.82) is 0 Å². The molecule has 0 atom stereocenters. The maximum Gasteiger partial charge on any atom is 0.432 e. The Labute approximate surface area is 213 Å². The van der Waals surface area contributed by atoms with Crippen LogP contribution in [-0.2, 0) is 12.5 Å². The van der Waals surface area contributed by atoms with Gasteiger partial charge in [0.05, 0.1) is 5.02 Å². The lowest BCUT2D eigenvalue weighted by atomic mass is 10.00. The van der Waals surface area contributed by atoms with E-state index >= 15 is 0 Å². The maximum absolute atomic E-state index is 14.9. The summed E-state index contributed by atoms with van der Waals surface area (Å²) in [5.41, 5.74) is -0.419. The van der Waals surface area contributed by atoms with Gasteiger partial charge >= 0.3 is 6.11 Å². The molecule has 4 rings (SSSR count). The fourth-order valence-corrected chi connectivity index (χ4v) is 4.12. The largest absolute Gasteiger partial charge is 0.432 e. The Morgan fingerprint density at radius 1 is 0.703 bits per heavy atom. The van der Waals surface area contributed by atoms with Gasteiger partial charge in [0.1, 0.15) is 17.2 Å². The Kier molecular flexibility index (Phi) is 7.50. The summed E-state index contributed by atoms with van der Waals surface area (Å²) in [6.07, 6.45) is -2.90. The van der Waals surface area contributed by atoms with Crippen LogP contribution in [-0.4, -0.2) is 0 Å². The van der Waals surface area contributed by atoms with Gasteiger partial charge in [0, 0.05) is 5.56 Å². The SMILES string of the molecule is CCCc1ccc(-c2cc(F)c(C(F)(F)Oc3ccc(-c4ccc(F)c(F)c4)c(Cl)c3F)c(F)c2)cc1.